The molecular weight excluding hydrogens is 605 g/mol. The summed E-state index contributed by atoms with van der Waals surface area (Å²) in [6.07, 6.45) is 11.9. The summed E-state index contributed by atoms with van der Waals surface area (Å²) >= 11 is 0. The van der Waals surface area contributed by atoms with Gasteiger partial charge in [-0.1, -0.05) is 25.0 Å². The molecule has 0 unspecified atom stereocenters. The van der Waals surface area contributed by atoms with E-state index in [1.807, 2.05) is 31.5 Å². The highest BCUT2D eigenvalue weighted by atomic mass is 35.5. The average molecular weight is 651 g/mol. The molecule has 2 saturated carbocycles. The lowest BCUT2D eigenvalue weighted by Crippen LogP contribution is -2.41. The predicted molar refractivity (Wildman–Crippen MR) is 177 cm³/mol. The Morgan fingerprint density at radius 3 is 2.39 bits per heavy atom. The monoisotopic (exact) mass is 649 g/mol. The number of hydrogen-bond donors (Lipinski definition) is 4. The SMILES string of the molecule is CCOc1ccccc1NC(=O)ON1CCC(Nc2nc(NC3CCC(N)CC3)nc3c2ncn3C2CCCC2)CC1.Cl.Cl. The lowest BCUT2D eigenvalue weighted by Gasteiger charge is -2.31. The Labute approximate surface area is 271 Å². The number of nitrogens with zero attached hydrogens (tertiary/aromatic N) is 5. The molecule has 3 aliphatic rings. The van der Waals surface area contributed by atoms with Crippen LogP contribution in [0.5, 0.6) is 5.75 Å². The Balaban J connectivity index is 0.00000221. The number of hydrogen-bond acceptors (Lipinski definition) is 10. The van der Waals surface area contributed by atoms with Gasteiger partial charge in [-0.25, -0.2) is 9.78 Å². The lowest BCUT2D eigenvalue weighted by atomic mass is 9.92. The molecule has 14 heteroatoms. The van der Waals surface area contributed by atoms with Crippen LogP contribution in [0.3, 0.4) is 0 Å². The quantitative estimate of drug-likeness (QED) is 0.221. The molecule has 3 heterocycles. The number of amides is 1. The largest absolute Gasteiger partial charge is 0.492 e. The minimum atomic E-state index is -0.525. The molecule has 242 valence electrons. The minimum Gasteiger partial charge on any atom is -0.492 e. The van der Waals surface area contributed by atoms with Crippen molar-refractivity contribution < 1.29 is 14.4 Å². The second kappa shape index (κ2) is 15.8. The van der Waals surface area contributed by atoms with Gasteiger partial charge in [0.1, 0.15) is 5.75 Å². The third-order valence-corrected chi connectivity index (χ3v) is 8.67. The summed E-state index contributed by atoms with van der Waals surface area (Å²) in [4.78, 5) is 32.9. The Kier molecular flexibility index (Phi) is 12.1. The van der Waals surface area contributed by atoms with Gasteiger partial charge in [0.15, 0.2) is 17.0 Å². The third kappa shape index (κ3) is 8.15. The van der Waals surface area contributed by atoms with Crippen LogP contribution < -0.4 is 26.4 Å². The zero-order valence-electron chi connectivity index (χ0n) is 25.2. The molecule has 2 aliphatic carbocycles. The van der Waals surface area contributed by atoms with Crippen molar-refractivity contribution in [1.82, 2.24) is 24.6 Å². The number of rotatable bonds is 9. The van der Waals surface area contributed by atoms with Crippen molar-refractivity contribution in [2.75, 3.05) is 35.6 Å². The van der Waals surface area contributed by atoms with Gasteiger partial charge in [0.25, 0.3) is 0 Å². The molecule has 0 spiro atoms. The number of carbonyl (C=O) groups excluding carboxylic acids is 1. The first-order valence-electron chi connectivity index (χ1n) is 15.5. The number of halogens is 2. The molecule has 0 atom stereocenters. The molecule has 3 fully saturated rings. The van der Waals surface area contributed by atoms with Crippen molar-refractivity contribution in [3.05, 3.63) is 30.6 Å². The van der Waals surface area contributed by atoms with Crippen LogP contribution in [0.25, 0.3) is 11.2 Å². The van der Waals surface area contributed by atoms with Crippen LogP contribution in [0.4, 0.5) is 22.2 Å². The number of aromatic nitrogens is 4. The summed E-state index contributed by atoms with van der Waals surface area (Å²) in [5.74, 6) is 2.03. The Bertz CT molecular complexity index is 1350. The van der Waals surface area contributed by atoms with Crippen LogP contribution in [0, 0.1) is 0 Å². The fourth-order valence-electron chi connectivity index (χ4n) is 6.36. The maximum absolute atomic E-state index is 12.6. The molecule has 3 aromatic rings. The number of anilines is 3. The first kappa shape index (κ1) is 33.8. The van der Waals surface area contributed by atoms with Crippen LogP contribution in [-0.4, -0.2) is 68.5 Å². The first-order chi connectivity index (χ1) is 20.6. The van der Waals surface area contributed by atoms with Crippen molar-refractivity contribution in [2.45, 2.75) is 95.3 Å². The highest BCUT2D eigenvalue weighted by Gasteiger charge is 2.27. The van der Waals surface area contributed by atoms with Crippen molar-refractivity contribution in [2.24, 2.45) is 5.73 Å². The number of carbonyl (C=O) groups is 1. The normalized spacial score (nSPS) is 21.2. The van der Waals surface area contributed by atoms with Crippen LogP contribution in [0.2, 0.25) is 0 Å². The van der Waals surface area contributed by atoms with E-state index in [-0.39, 0.29) is 30.9 Å². The number of para-hydroxylation sites is 2. The number of fused-ring (bicyclic) bond motifs is 1. The van der Waals surface area contributed by atoms with Gasteiger partial charge in [-0.15, -0.1) is 29.9 Å². The molecule has 2 aromatic heterocycles. The van der Waals surface area contributed by atoms with E-state index in [2.05, 4.69) is 20.5 Å². The molecular formula is C30H45Cl2N9O3. The van der Waals surface area contributed by atoms with Crippen LogP contribution >= 0.6 is 24.8 Å². The molecule has 44 heavy (non-hydrogen) atoms. The van der Waals surface area contributed by atoms with Crippen molar-refractivity contribution in [3.8, 4) is 5.75 Å². The zero-order chi connectivity index (χ0) is 28.9. The summed E-state index contributed by atoms with van der Waals surface area (Å²) in [6, 6.07) is 8.56. The van der Waals surface area contributed by atoms with Gasteiger partial charge < -0.3 is 30.5 Å². The molecule has 12 nitrogen and oxygen atoms in total. The number of nitrogens with two attached hydrogens (primary N) is 1. The smallest absolute Gasteiger partial charge is 0.430 e. The first-order valence-corrected chi connectivity index (χ1v) is 15.5. The Morgan fingerprint density at radius 2 is 1.66 bits per heavy atom. The summed E-state index contributed by atoms with van der Waals surface area (Å²) in [7, 11) is 0. The molecule has 1 aliphatic heterocycles. The maximum Gasteiger partial charge on any atom is 0.430 e. The van der Waals surface area contributed by atoms with Gasteiger partial charge in [0.2, 0.25) is 5.95 Å². The summed E-state index contributed by atoms with van der Waals surface area (Å²) in [5, 5.41) is 11.8. The van der Waals surface area contributed by atoms with E-state index >= 15 is 0 Å². The second-order valence-corrected chi connectivity index (χ2v) is 11.7. The summed E-state index contributed by atoms with van der Waals surface area (Å²) in [6.45, 7) is 3.64. The number of ether oxygens (including phenoxy) is 1. The fraction of sp³-hybridized carbons (Fsp3) is 0.600. The Hall–Kier alpha value is -3.06. The molecule has 5 N–H and O–H groups in total. The average Bonchev–Trinajstić information content (AvgIpc) is 3.67. The zero-order valence-corrected chi connectivity index (χ0v) is 26.9. The van der Waals surface area contributed by atoms with Crippen molar-refractivity contribution in [3.63, 3.8) is 0 Å². The molecule has 1 aromatic carbocycles. The van der Waals surface area contributed by atoms with Gasteiger partial charge in [0.05, 0.1) is 18.6 Å². The van der Waals surface area contributed by atoms with E-state index in [0.29, 0.717) is 55.2 Å². The highest BCUT2D eigenvalue weighted by Crippen LogP contribution is 2.34. The lowest BCUT2D eigenvalue weighted by molar-refractivity contribution is -0.107. The molecule has 1 amide bonds. The van der Waals surface area contributed by atoms with Gasteiger partial charge in [-0.2, -0.15) is 9.97 Å². The number of benzene rings is 1. The van der Waals surface area contributed by atoms with Gasteiger partial charge in [0, 0.05) is 37.3 Å². The molecule has 0 radical (unpaired) electrons. The minimum absolute atomic E-state index is 0. The second-order valence-electron chi connectivity index (χ2n) is 11.7. The highest BCUT2D eigenvalue weighted by molar-refractivity contribution is 5.87. The third-order valence-electron chi connectivity index (χ3n) is 8.67. The summed E-state index contributed by atoms with van der Waals surface area (Å²) < 4.78 is 7.84. The van der Waals surface area contributed by atoms with E-state index in [1.54, 1.807) is 11.1 Å². The standard InChI is InChI=1S/C30H43N9O3.2ClH/c1-2-41-25-10-6-5-9-24(25)35-30(40)42-38-17-15-22(16-18-38)33-27-26-28(39(19-32-26)23-7-3-4-8-23)37-29(36-27)34-21-13-11-20(31)12-14-21;;/h5-6,9-10,19-23H,2-4,7-8,11-18,31H2,1H3,(H,35,40)(H2,33,34,36,37);2*1H. The molecule has 6 rings (SSSR count). The van der Waals surface area contributed by atoms with E-state index in [0.717, 1.165) is 68.3 Å². The molecule has 0 bridgehead atoms. The topological polar surface area (TPSA) is 144 Å². The van der Waals surface area contributed by atoms with E-state index in [4.69, 9.17) is 30.3 Å². The number of nitrogens with one attached hydrogen (secondary N) is 3. The van der Waals surface area contributed by atoms with Crippen LogP contribution in [0.1, 0.15) is 77.2 Å². The number of imidazole rings is 1. The van der Waals surface area contributed by atoms with Gasteiger partial charge in [-0.3, -0.25) is 5.32 Å². The summed E-state index contributed by atoms with van der Waals surface area (Å²) in [5.41, 5.74) is 8.42. The van der Waals surface area contributed by atoms with E-state index < -0.39 is 6.09 Å². The fourth-order valence-corrected chi connectivity index (χ4v) is 6.36. The van der Waals surface area contributed by atoms with Crippen molar-refractivity contribution >= 4 is 59.5 Å². The number of piperidine rings is 1. The van der Waals surface area contributed by atoms with Crippen LogP contribution in [0.15, 0.2) is 30.6 Å². The Morgan fingerprint density at radius 1 is 0.955 bits per heavy atom. The van der Waals surface area contributed by atoms with Gasteiger partial charge >= 0.3 is 6.09 Å². The maximum atomic E-state index is 12.6. The van der Waals surface area contributed by atoms with Crippen molar-refractivity contribution in [1.29, 1.82) is 0 Å². The predicted octanol–water partition coefficient (Wildman–Crippen LogP) is 5.91. The molecule has 1 saturated heterocycles. The number of hydroxylamine groups is 2. The van der Waals surface area contributed by atoms with E-state index in [1.165, 1.54) is 12.8 Å². The van der Waals surface area contributed by atoms with Crippen LogP contribution in [-0.2, 0) is 4.84 Å². The van der Waals surface area contributed by atoms with Gasteiger partial charge in [-0.05, 0) is 70.4 Å². The van der Waals surface area contributed by atoms with E-state index in [9.17, 15) is 4.79 Å².